The second-order valence-corrected chi connectivity index (χ2v) is 8.67. The van der Waals surface area contributed by atoms with Crippen LogP contribution in [0.5, 0.6) is 0 Å². The highest BCUT2D eigenvalue weighted by Crippen LogP contribution is 2.34. The van der Waals surface area contributed by atoms with Gasteiger partial charge in [0.05, 0.1) is 0 Å². The van der Waals surface area contributed by atoms with Gasteiger partial charge in [-0.3, -0.25) is 0 Å². The molecule has 2 aliphatic heterocycles. The molecule has 0 aromatic heterocycles. The Morgan fingerprint density at radius 3 is 2.62 bits per heavy atom. The van der Waals surface area contributed by atoms with Crippen LogP contribution in [0.15, 0.2) is 42.5 Å². The summed E-state index contributed by atoms with van der Waals surface area (Å²) in [5.74, 6) is -1.79. The molecule has 8 heteroatoms. The highest BCUT2D eigenvalue weighted by molar-refractivity contribution is 5.74. The lowest BCUT2D eigenvalue weighted by molar-refractivity contribution is 0.0506. The second kappa shape index (κ2) is 9.81. The number of amides is 2. The van der Waals surface area contributed by atoms with Crippen molar-refractivity contribution >= 4 is 11.7 Å². The summed E-state index contributed by atoms with van der Waals surface area (Å²) >= 11 is 0. The van der Waals surface area contributed by atoms with E-state index in [0.29, 0.717) is 51.4 Å². The van der Waals surface area contributed by atoms with Crippen LogP contribution in [0.4, 0.5) is 23.7 Å². The number of hydrogen-bond donors (Lipinski definition) is 2. The fraction of sp³-hybridized carbons (Fsp3) is 0.458. The molecule has 32 heavy (non-hydrogen) atoms. The van der Waals surface area contributed by atoms with Gasteiger partial charge >= 0.3 is 6.03 Å². The molecular weight excluding hydrogens is 419 g/mol. The minimum atomic E-state index is -0.858. The van der Waals surface area contributed by atoms with Gasteiger partial charge in [-0.15, -0.1) is 0 Å². The second-order valence-electron chi connectivity index (χ2n) is 8.67. The topological polar surface area (TPSA) is 53.6 Å². The molecule has 0 radical (unpaired) electrons. The van der Waals surface area contributed by atoms with E-state index in [9.17, 15) is 18.0 Å². The van der Waals surface area contributed by atoms with Gasteiger partial charge < -0.3 is 20.3 Å². The van der Waals surface area contributed by atoms with Crippen molar-refractivity contribution in [2.24, 2.45) is 5.92 Å². The molecule has 0 bridgehead atoms. The fourth-order valence-electron chi connectivity index (χ4n) is 4.61. The molecule has 2 amide bonds. The molecule has 5 nitrogen and oxygen atoms in total. The van der Waals surface area contributed by atoms with Crippen LogP contribution in [-0.2, 0) is 10.2 Å². The summed E-state index contributed by atoms with van der Waals surface area (Å²) in [6.45, 7) is 3.42. The molecule has 1 atom stereocenters. The van der Waals surface area contributed by atoms with Crippen molar-refractivity contribution in [3.8, 4) is 0 Å². The molecular formula is C24H28F3N3O2. The first-order chi connectivity index (χ1) is 15.4. The van der Waals surface area contributed by atoms with Crippen LogP contribution >= 0.6 is 0 Å². The summed E-state index contributed by atoms with van der Waals surface area (Å²) in [7, 11) is 0. The molecule has 2 fully saturated rings. The van der Waals surface area contributed by atoms with Crippen LogP contribution in [-0.4, -0.2) is 45.4 Å². The van der Waals surface area contributed by atoms with Crippen molar-refractivity contribution in [1.29, 1.82) is 0 Å². The molecule has 2 N–H and O–H groups in total. The van der Waals surface area contributed by atoms with E-state index in [-0.39, 0.29) is 23.2 Å². The SMILES string of the molecule is O=C(NCC1CCN(c2ccc(F)c(F)c2)C1)NCC1(c2cccc(F)c2)CCOCC1. The van der Waals surface area contributed by atoms with E-state index >= 15 is 0 Å². The summed E-state index contributed by atoms with van der Waals surface area (Å²) in [5.41, 5.74) is 1.17. The fourth-order valence-corrected chi connectivity index (χ4v) is 4.61. The lowest BCUT2D eigenvalue weighted by atomic mass is 9.74. The number of halogens is 3. The first kappa shape index (κ1) is 22.5. The van der Waals surface area contributed by atoms with Crippen LogP contribution in [0.25, 0.3) is 0 Å². The minimum absolute atomic E-state index is 0.217. The van der Waals surface area contributed by atoms with Gasteiger partial charge in [0.25, 0.3) is 0 Å². The van der Waals surface area contributed by atoms with Gasteiger partial charge in [0.15, 0.2) is 11.6 Å². The maximum atomic E-state index is 13.8. The molecule has 2 aliphatic rings. The Labute approximate surface area is 185 Å². The van der Waals surface area contributed by atoms with Crippen LogP contribution in [0.3, 0.4) is 0 Å². The zero-order valence-electron chi connectivity index (χ0n) is 17.9. The van der Waals surface area contributed by atoms with Crippen LogP contribution < -0.4 is 15.5 Å². The zero-order valence-corrected chi connectivity index (χ0v) is 17.9. The Morgan fingerprint density at radius 1 is 1.06 bits per heavy atom. The van der Waals surface area contributed by atoms with Crippen molar-refractivity contribution in [3.63, 3.8) is 0 Å². The summed E-state index contributed by atoms with van der Waals surface area (Å²) in [6.07, 6.45) is 2.27. The van der Waals surface area contributed by atoms with E-state index in [1.807, 2.05) is 11.0 Å². The molecule has 4 rings (SSSR count). The quantitative estimate of drug-likeness (QED) is 0.705. The number of nitrogens with one attached hydrogen (secondary N) is 2. The van der Waals surface area contributed by atoms with Crippen LogP contribution in [0.2, 0.25) is 0 Å². The highest BCUT2D eigenvalue weighted by Gasteiger charge is 2.35. The molecule has 2 aromatic rings. The average Bonchev–Trinajstić information content (AvgIpc) is 3.28. The Kier molecular flexibility index (Phi) is 6.89. The third-order valence-corrected chi connectivity index (χ3v) is 6.58. The minimum Gasteiger partial charge on any atom is -0.381 e. The van der Waals surface area contributed by atoms with Gasteiger partial charge in [-0.1, -0.05) is 12.1 Å². The van der Waals surface area contributed by atoms with E-state index in [0.717, 1.165) is 24.6 Å². The van der Waals surface area contributed by atoms with Crippen molar-refractivity contribution in [3.05, 3.63) is 65.5 Å². The number of rotatable bonds is 6. The number of carbonyl (C=O) groups excluding carboxylic acids is 1. The molecule has 0 aliphatic carbocycles. The first-order valence-corrected chi connectivity index (χ1v) is 11.0. The number of anilines is 1. The third-order valence-electron chi connectivity index (χ3n) is 6.58. The van der Waals surface area contributed by atoms with E-state index in [1.54, 1.807) is 12.1 Å². The van der Waals surface area contributed by atoms with Crippen molar-refractivity contribution in [2.75, 3.05) is 44.3 Å². The smallest absolute Gasteiger partial charge is 0.314 e. The lowest BCUT2D eigenvalue weighted by Gasteiger charge is -2.38. The molecule has 172 valence electrons. The Balaban J connectivity index is 1.28. The Morgan fingerprint density at radius 2 is 1.88 bits per heavy atom. The summed E-state index contributed by atoms with van der Waals surface area (Å²) in [4.78, 5) is 14.5. The summed E-state index contributed by atoms with van der Waals surface area (Å²) < 4.78 is 46.0. The standard InChI is InChI=1S/C24H28F3N3O2/c25-19-3-1-2-18(12-19)24(7-10-32-11-8-24)16-29-23(31)28-14-17-6-9-30(15-17)20-4-5-21(26)22(27)13-20/h1-5,12-13,17H,6-11,14-16H2,(H2,28,29,31). The number of benzene rings is 2. The number of urea groups is 1. The third kappa shape index (κ3) is 5.18. The van der Waals surface area contributed by atoms with Crippen molar-refractivity contribution in [1.82, 2.24) is 10.6 Å². The Hall–Kier alpha value is -2.74. The van der Waals surface area contributed by atoms with Crippen LogP contribution in [0, 0.1) is 23.4 Å². The summed E-state index contributed by atoms with van der Waals surface area (Å²) in [5, 5.41) is 5.88. The Bertz CT molecular complexity index is 950. The largest absolute Gasteiger partial charge is 0.381 e. The zero-order chi connectivity index (χ0) is 22.6. The maximum absolute atomic E-state index is 13.8. The predicted octanol–water partition coefficient (Wildman–Crippen LogP) is 3.98. The van der Waals surface area contributed by atoms with Gasteiger partial charge in [0.2, 0.25) is 0 Å². The van der Waals surface area contributed by atoms with Gasteiger partial charge in [-0.25, -0.2) is 18.0 Å². The molecule has 1 unspecified atom stereocenters. The van der Waals surface area contributed by atoms with E-state index in [4.69, 9.17) is 4.74 Å². The van der Waals surface area contributed by atoms with Crippen molar-refractivity contribution < 1.29 is 22.7 Å². The molecule has 2 saturated heterocycles. The van der Waals surface area contributed by atoms with Gasteiger partial charge in [0, 0.05) is 56.6 Å². The lowest BCUT2D eigenvalue weighted by Crippen LogP contribution is -2.48. The molecule has 0 saturated carbocycles. The van der Waals surface area contributed by atoms with E-state index in [1.165, 1.54) is 18.2 Å². The average molecular weight is 448 g/mol. The first-order valence-electron chi connectivity index (χ1n) is 11.0. The monoisotopic (exact) mass is 447 g/mol. The number of nitrogens with zero attached hydrogens (tertiary/aromatic N) is 1. The molecule has 0 spiro atoms. The van der Waals surface area contributed by atoms with Gasteiger partial charge in [-0.05, 0) is 55.0 Å². The number of hydrogen-bond acceptors (Lipinski definition) is 3. The number of ether oxygens (including phenoxy) is 1. The van der Waals surface area contributed by atoms with Gasteiger partial charge in [-0.2, -0.15) is 0 Å². The maximum Gasteiger partial charge on any atom is 0.314 e. The van der Waals surface area contributed by atoms with Crippen molar-refractivity contribution in [2.45, 2.75) is 24.7 Å². The van der Waals surface area contributed by atoms with E-state index < -0.39 is 11.6 Å². The van der Waals surface area contributed by atoms with Crippen LogP contribution in [0.1, 0.15) is 24.8 Å². The predicted molar refractivity (Wildman–Crippen MR) is 116 cm³/mol. The van der Waals surface area contributed by atoms with E-state index in [2.05, 4.69) is 10.6 Å². The highest BCUT2D eigenvalue weighted by atomic mass is 19.2. The van der Waals surface area contributed by atoms with Gasteiger partial charge in [0.1, 0.15) is 5.82 Å². The summed E-state index contributed by atoms with van der Waals surface area (Å²) in [6, 6.07) is 10.2. The number of carbonyl (C=O) groups is 1. The normalized spacial score (nSPS) is 20.2. The molecule has 2 heterocycles. The molecule has 2 aromatic carbocycles.